The van der Waals surface area contributed by atoms with E-state index >= 15 is 0 Å². The molecule has 98 valence electrons. The normalized spacial score (nSPS) is 19.7. The lowest BCUT2D eigenvalue weighted by molar-refractivity contribution is -0.136. The van der Waals surface area contributed by atoms with Crippen LogP contribution in [0.5, 0.6) is 0 Å². The molecular formula is C11H20N2O4. The summed E-state index contributed by atoms with van der Waals surface area (Å²) < 4.78 is 5.53. The Morgan fingerprint density at radius 3 is 2.82 bits per heavy atom. The number of urea groups is 1. The summed E-state index contributed by atoms with van der Waals surface area (Å²) in [5.74, 6) is -0.913. The van der Waals surface area contributed by atoms with Crippen molar-refractivity contribution in [3.05, 3.63) is 0 Å². The summed E-state index contributed by atoms with van der Waals surface area (Å²) in [6.07, 6.45) is 3.26. The highest BCUT2D eigenvalue weighted by Crippen LogP contribution is 2.13. The molecule has 1 heterocycles. The topological polar surface area (TPSA) is 78.9 Å². The van der Waals surface area contributed by atoms with Crippen LogP contribution in [0.25, 0.3) is 0 Å². The third kappa shape index (κ3) is 5.53. The Morgan fingerprint density at radius 2 is 2.24 bits per heavy atom. The third-order valence-electron chi connectivity index (χ3n) is 2.71. The molecule has 0 spiro atoms. The van der Waals surface area contributed by atoms with Gasteiger partial charge in [0.1, 0.15) is 0 Å². The van der Waals surface area contributed by atoms with Gasteiger partial charge in [0.05, 0.1) is 12.5 Å². The van der Waals surface area contributed by atoms with Gasteiger partial charge >= 0.3 is 12.0 Å². The van der Waals surface area contributed by atoms with Crippen LogP contribution in [0.15, 0.2) is 0 Å². The van der Waals surface area contributed by atoms with Crippen molar-refractivity contribution < 1.29 is 19.4 Å². The molecule has 0 aromatic carbocycles. The van der Waals surface area contributed by atoms with E-state index in [1.54, 1.807) is 7.05 Å². The lowest BCUT2D eigenvalue weighted by Crippen LogP contribution is -2.43. The van der Waals surface area contributed by atoms with Gasteiger partial charge < -0.3 is 20.1 Å². The van der Waals surface area contributed by atoms with Gasteiger partial charge in [-0.15, -0.1) is 0 Å². The number of likely N-dealkylation sites (N-methyl/N-ethyl adjacent to an activating group) is 1. The van der Waals surface area contributed by atoms with Crippen molar-refractivity contribution in [2.24, 2.45) is 0 Å². The molecule has 1 fully saturated rings. The highest BCUT2D eigenvalue weighted by atomic mass is 16.5. The van der Waals surface area contributed by atoms with Crippen molar-refractivity contribution >= 4 is 12.0 Å². The number of hydrogen-bond acceptors (Lipinski definition) is 3. The maximum absolute atomic E-state index is 11.6. The average Bonchev–Trinajstić information content (AvgIpc) is 2.29. The quantitative estimate of drug-likeness (QED) is 0.745. The van der Waals surface area contributed by atoms with Gasteiger partial charge in [-0.1, -0.05) is 0 Å². The van der Waals surface area contributed by atoms with Gasteiger partial charge in [0.2, 0.25) is 0 Å². The van der Waals surface area contributed by atoms with Gasteiger partial charge in [0.25, 0.3) is 0 Å². The lowest BCUT2D eigenvalue weighted by Gasteiger charge is -2.27. The van der Waals surface area contributed by atoms with E-state index in [0.717, 1.165) is 25.9 Å². The Kier molecular flexibility index (Phi) is 5.76. The lowest BCUT2D eigenvalue weighted by atomic mass is 10.1. The fourth-order valence-electron chi connectivity index (χ4n) is 1.75. The van der Waals surface area contributed by atoms with E-state index in [9.17, 15) is 9.59 Å². The fourth-order valence-corrected chi connectivity index (χ4v) is 1.75. The molecule has 1 atom stereocenters. The van der Waals surface area contributed by atoms with E-state index in [4.69, 9.17) is 9.84 Å². The second-order valence-corrected chi connectivity index (χ2v) is 4.24. The molecule has 1 aliphatic rings. The number of nitrogens with one attached hydrogen (secondary N) is 1. The fraction of sp³-hybridized carbons (Fsp3) is 0.818. The second-order valence-electron chi connectivity index (χ2n) is 4.24. The number of carboxylic acids is 1. The average molecular weight is 244 g/mol. The van der Waals surface area contributed by atoms with E-state index in [2.05, 4.69) is 5.32 Å². The predicted octanol–water partition coefficient (Wildman–Crippen LogP) is 0.672. The minimum Gasteiger partial charge on any atom is -0.481 e. The minimum atomic E-state index is -0.913. The number of rotatable bonds is 5. The second kappa shape index (κ2) is 7.11. The van der Waals surface area contributed by atoms with Crippen molar-refractivity contribution in [2.75, 3.05) is 26.7 Å². The number of nitrogens with zero attached hydrogens (tertiary/aromatic N) is 1. The first-order valence-corrected chi connectivity index (χ1v) is 5.92. The molecule has 1 saturated heterocycles. The zero-order chi connectivity index (χ0) is 12.7. The van der Waals surface area contributed by atoms with Crippen LogP contribution >= 0.6 is 0 Å². The molecule has 6 heteroatoms. The van der Waals surface area contributed by atoms with Gasteiger partial charge in [-0.2, -0.15) is 0 Å². The molecule has 0 aromatic heterocycles. The van der Waals surface area contributed by atoms with Gasteiger partial charge in [-0.3, -0.25) is 4.79 Å². The van der Waals surface area contributed by atoms with E-state index in [1.807, 2.05) is 0 Å². The Labute approximate surface area is 101 Å². The third-order valence-corrected chi connectivity index (χ3v) is 2.71. The number of hydrogen-bond donors (Lipinski definition) is 2. The molecule has 0 aromatic rings. The van der Waals surface area contributed by atoms with E-state index < -0.39 is 5.97 Å². The Bertz CT molecular complexity index is 264. The zero-order valence-corrected chi connectivity index (χ0v) is 10.1. The Hall–Kier alpha value is -1.30. The van der Waals surface area contributed by atoms with Crippen molar-refractivity contribution in [3.63, 3.8) is 0 Å². The van der Waals surface area contributed by atoms with E-state index in [1.165, 1.54) is 4.90 Å². The predicted molar refractivity (Wildman–Crippen MR) is 61.9 cm³/mol. The number of carboxylic acid groups (broad SMARTS) is 1. The number of amides is 2. The number of carbonyl (C=O) groups is 2. The van der Waals surface area contributed by atoms with Crippen molar-refractivity contribution in [3.8, 4) is 0 Å². The summed E-state index contributed by atoms with van der Waals surface area (Å²) in [5, 5.41) is 11.0. The molecule has 6 nitrogen and oxygen atoms in total. The summed E-state index contributed by atoms with van der Waals surface area (Å²) in [5.41, 5.74) is 0. The van der Waals surface area contributed by atoms with Gasteiger partial charge in [-0.05, 0) is 19.3 Å². The Morgan fingerprint density at radius 1 is 1.47 bits per heavy atom. The molecule has 0 bridgehead atoms. The van der Waals surface area contributed by atoms with E-state index in [0.29, 0.717) is 6.54 Å². The van der Waals surface area contributed by atoms with Gasteiger partial charge in [0.15, 0.2) is 0 Å². The summed E-state index contributed by atoms with van der Waals surface area (Å²) >= 11 is 0. The molecule has 0 aliphatic carbocycles. The van der Waals surface area contributed by atoms with Crippen molar-refractivity contribution in [1.29, 1.82) is 0 Å². The Balaban J connectivity index is 2.18. The van der Waals surface area contributed by atoms with Crippen LogP contribution in [0.2, 0.25) is 0 Å². The number of carbonyl (C=O) groups excluding carboxylic acids is 1. The summed E-state index contributed by atoms with van der Waals surface area (Å²) in [4.78, 5) is 23.4. The van der Waals surface area contributed by atoms with Gasteiger partial charge in [0, 0.05) is 26.7 Å². The SMILES string of the molecule is CN(CC1CCCCO1)C(=O)NCCC(=O)O. The first-order valence-electron chi connectivity index (χ1n) is 5.92. The van der Waals surface area contributed by atoms with E-state index in [-0.39, 0.29) is 25.1 Å². The highest BCUT2D eigenvalue weighted by molar-refractivity contribution is 5.75. The zero-order valence-electron chi connectivity index (χ0n) is 10.1. The summed E-state index contributed by atoms with van der Waals surface area (Å²) in [6, 6.07) is -0.250. The van der Waals surface area contributed by atoms with Crippen molar-refractivity contribution in [1.82, 2.24) is 10.2 Å². The molecule has 1 aliphatic heterocycles. The maximum atomic E-state index is 11.6. The van der Waals surface area contributed by atoms with Crippen LogP contribution in [-0.2, 0) is 9.53 Å². The molecule has 0 radical (unpaired) electrons. The smallest absolute Gasteiger partial charge is 0.317 e. The summed E-state index contributed by atoms with van der Waals surface area (Å²) in [7, 11) is 1.69. The van der Waals surface area contributed by atoms with Crippen LogP contribution < -0.4 is 5.32 Å². The van der Waals surface area contributed by atoms with Crippen LogP contribution in [0.1, 0.15) is 25.7 Å². The minimum absolute atomic E-state index is 0.0560. The molecule has 1 rings (SSSR count). The maximum Gasteiger partial charge on any atom is 0.317 e. The first-order chi connectivity index (χ1) is 8.09. The van der Waals surface area contributed by atoms with Crippen LogP contribution in [0, 0.1) is 0 Å². The van der Waals surface area contributed by atoms with Crippen LogP contribution in [0.3, 0.4) is 0 Å². The van der Waals surface area contributed by atoms with Crippen molar-refractivity contribution in [2.45, 2.75) is 31.8 Å². The molecule has 0 saturated carbocycles. The molecular weight excluding hydrogens is 224 g/mol. The first kappa shape index (κ1) is 13.8. The van der Waals surface area contributed by atoms with Crippen LogP contribution in [0.4, 0.5) is 4.79 Å². The number of aliphatic carboxylic acids is 1. The molecule has 17 heavy (non-hydrogen) atoms. The highest BCUT2D eigenvalue weighted by Gasteiger charge is 2.18. The van der Waals surface area contributed by atoms with Crippen LogP contribution in [-0.4, -0.2) is 54.9 Å². The molecule has 2 N–H and O–H groups in total. The molecule has 2 amide bonds. The standard InChI is InChI=1S/C11H20N2O4/c1-13(8-9-4-2-3-7-17-9)11(16)12-6-5-10(14)15/h9H,2-8H2,1H3,(H,12,16)(H,14,15). The largest absolute Gasteiger partial charge is 0.481 e. The molecule has 1 unspecified atom stereocenters. The monoisotopic (exact) mass is 244 g/mol. The number of ether oxygens (including phenoxy) is 1. The van der Waals surface area contributed by atoms with Gasteiger partial charge in [-0.25, -0.2) is 4.79 Å². The summed E-state index contributed by atoms with van der Waals surface area (Å²) in [6.45, 7) is 1.47.